The van der Waals surface area contributed by atoms with Crippen LogP contribution in [-0.2, 0) is 4.79 Å². The number of amides is 1. The molecule has 94 valence electrons. The summed E-state index contributed by atoms with van der Waals surface area (Å²) >= 11 is 11.6. The van der Waals surface area contributed by atoms with Crippen molar-refractivity contribution in [1.82, 2.24) is 10.3 Å². The van der Waals surface area contributed by atoms with Crippen LogP contribution in [0.25, 0.3) is 0 Å². The molecule has 0 aliphatic heterocycles. The summed E-state index contributed by atoms with van der Waals surface area (Å²) in [6.07, 6.45) is 1.50. The van der Waals surface area contributed by atoms with E-state index in [-0.39, 0.29) is 5.91 Å². The third-order valence-electron chi connectivity index (χ3n) is 1.94. The van der Waals surface area contributed by atoms with Crippen molar-refractivity contribution in [2.24, 2.45) is 5.73 Å². The molecule has 1 aromatic rings. The number of rotatable bonds is 5. The molecule has 7 heteroatoms. The Hall–Kier alpha value is -1.04. The number of anilines is 1. The fraction of sp³-hybridized carbons (Fsp3) is 0.400. The van der Waals surface area contributed by atoms with E-state index in [2.05, 4.69) is 15.6 Å². The minimum absolute atomic E-state index is 0.193. The molecule has 0 bridgehead atoms. The van der Waals surface area contributed by atoms with Gasteiger partial charge in [0, 0.05) is 19.3 Å². The highest BCUT2D eigenvalue weighted by Gasteiger charge is 2.06. The first-order valence-corrected chi connectivity index (χ1v) is 5.84. The summed E-state index contributed by atoms with van der Waals surface area (Å²) in [5, 5.41) is 6.56. The molecule has 4 N–H and O–H groups in total. The molecule has 0 spiro atoms. The minimum atomic E-state index is -0.507. The van der Waals surface area contributed by atoms with Gasteiger partial charge in [-0.2, -0.15) is 0 Å². The van der Waals surface area contributed by atoms with E-state index in [1.165, 1.54) is 6.20 Å². The molecule has 17 heavy (non-hydrogen) atoms. The molecule has 0 saturated heterocycles. The number of hydrogen-bond acceptors (Lipinski definition) is 4. The van der Waals surface area contributed by atoms with Crippen molar-refractivity contribution in [2.75, 3.05) is 18.4 Å². The van der Waals surface area contributed by atoms with Crippen molar-refractivity contribution in [2.45, 2.75) is 13.0 Å². The Kier molecular flexibility index (Phi) is 5.47. The molecule has 0 aromatic carbocycles. The van der Waals surface area contributed by atoms with Crippen LogP contribution in [0.3, 0.4) is 0 Å². The van der Waals surface area contributed by atoms with Gasteiger partial charge in [0.25, 0.3) is 0 Å². The molecular weight excluding hydrogens is 263 g/mol. The van der Waals surface area contributed by atoms with Crippen LogP contribution >= 0.6 is 23.2 Å². The van der Waals surface area contributed by atoms with Gasteiger partial charge >= 0.3 is 0 Å². The Balaban J connectivity index is 2.34. The Morgan fingerprint density at radius 1 is 1.53 bits per heavy atom. The molecule has 1 rings (SSSR count). The number of carbonyl (C=O) groups excluding carboxylic acids is 1. The zero-order valence-electron chi connectivity index (χ0n) is 9.34. The second kappa shape index (κ2) is 6.64. The number of nitrogens with one attached hydrogen (secondary N) is 2. The molecule has 1 amide bonds. The molecule has 5 nitrogen and oxygen atoms in total. The van der Waals surface area contributed by atoms with Gasteiger partial charge in [-0.1, -0.05) is 23.2 Å². The van der Waals surface area contributed by atoms with Crippen molar-refractivity contribution < 1.29 is 4.79 Å². The highest BCUT2D eigenvalue weighted by Crippen LogP contribution is 2.21. The van der Waals surface area contributed by atoms with Crippen molar-refractivity contribution in [3.05, 3.63) is 22.3 Å². The van der Waals surface area contributed by atoms with Gasteiger partial charge < -0.3 is 16.4 Å². The van der Waals surface area contributed by atoms with E-state index in [9.17, 15) is 4.79 Å². The smallest absolute Gasteiger partial charge is 0.236 e. The van der Waals surface area contributed by atoms with Crippen LogP contribution in [0.1, 0.15) is 6.92 Å². The van der Waals surface area contributed by atoms with Gasteiger partial charge in [-0.15, -0.1) is 0 Å². The van der Waals surface area contributed by atoms with Gasteiger partial charge in [0.15, 0.2) is 0 Å². The van der Waals surface area contributed by atoms with Gasteiger partial charge in [-0.3, -0.25) is 4.79 Å². The molecule has 0 aliphatic carbocycles. The molecule has 0 saturated carbocycles. The van der Waals surface area contributed by atoms with E-state index in [4.69, 9.17) is 28.9 Å². The van der Waals surface area contributed by atoms with Gasteiger partial charge in [0.2, 0.25) is 5.91 Å². The van der Waals surface area contributed by atoms with Crippen LogP contribution in [0, 0.1) is 0 Å². The molecule has 0 radical (unpaired) electrons. The van der Waals surface area contributed by atoms with Crippen LogP contribution in [0.5, 0.6) is 0 Å². The fourth-order valence-electron chi connectivity index (χ4n) is 1.07. The Morgan fingerprint density at radius 3 is 2.82 bits per heavy atom. The van der Waals surface area contributed by atoms with Crippen molar-refractivity contribution in [3.8, 4) is 0 Å². The summed E-state index contributed by atoms with van der Waals surface area (Å²) < 4.78 is 0. The highest BCUT2D eigenvalue weighted by atomic mass is 35.5. The van der Waals surface area contributed by atoms with Crippen molar-refractivity contribution >= 4 is 34.9 Å². The molecular formula is C10H14Cl2N4O. The summed E-state index contributed by atoms with van der Waals surface area (Å²) in [6, 6.07) is 1.09. The Morgan fingerprint density at radius 2 is 2.24 bits per heavy atom. The number of pyridine rings is 1. The standard InChI is InChI=1S/C10H14Cl2N4O/c1-6(13)10(17)15-3-2-14-9-8(12)4-7(11)5-16-9/h4-6H,2-3,13H2,1H3,(H,14,16)(H,15,17). The molecule has 1 heterocycles. The lowest BCUT2D eigenvalue weighted by Gasteiger charge is -2.09. The maximum Gasteiger partial charge on any atom is 0.236 e. The van der Waals surface area contributed by atoms with Crippen LogP contribution < -0.4 is 16.4 Å². The number of nitrogens with two attached hydrogens (primary N) is 1. The second-order valence-electron chi connectivity index (χ2n) is 3.49. The van der Waals surface area contributed by atoms with Crippen molar-refractivity contribution in [1.29, 1.82) is 0 Å². The zero-order chi connectivity index (χ0) is 12.8. The Labute approximate surface area is 110 Å². The maximum atomic E-state index is 11.1. The van der Waals surface area contributed by atoms with Crippen LogP contribution in [0.4, 0.5) is 5.82 Å². The summed E-state index contributed by atoms with van der Waals surface area (Å²) in [7, 11) is 0. The second-order valence-corrected chi connectivity index (χ2v) is 4.33. The normalized spacial score (nSPS) is 12.0. The highest BCUT2D eigenvalue weighted by molar-refractivity contribution is 6.35. The third-order valence-corrected chi connectivity index (χ3v) is 2.43. The maximum absolute atomic E-state index is 11.1. The molecule has 1 aromatic heterocycles. The van der Waals surface area contributed by atoms with Crippen LogP contribution in [0.15, 0.2) is 12.3 Å². The van der Waals surface area contributed by atoms with E-state index in [0.717, 1.165) is 0 Å². The predicted molar refractivity (Wildman–Crippen MR) is 69.4 cm³/mol. The van der Waals surface area contributed by atoms with Crippen molar-refractivity contribution in [3.63, 3.8) is 0 Å². The third kappa shape index (κ3) is 4.77. The first kappa shape index (κ1) is 14.0. The number of halogens is 2. The summed E-state index contributed by atoms with van der Waals surface area (Å²) in [5.41, 5.74) is 5.39. The van der Waals surface area contributed by atoms with Gasteiger partial charge in [0.05, 0.1) is 16.1 Å². The molecule has 0 aliphatic rings. The SMILES string of the molecule is CC(N)C(=O)NCCNc1ncc(Cl)cc1Cl. The quantitative estimate of drug-likeness (QED) is 0.708. The van der Waals surface area contributed by atoms with E-state index in [1.807, 2.05) is 0 Å². The average molecular weight is 277 g/mol. The largest absolute Gasteiger partial charge is 0.367 e. The lowest BCUT2D eigenvalue weighted by molar-refractivity contribution is -0.121. The molecule has 1 unspecified atom stereocenters. The lowest BCUT2D eigenvalue weighted by Crippen LogP contribution is -2.40. The minimum Gasteiger partial charge on any atom is -0.367 e. The van der Waals surface area contributed by atoms with Gasteiger partial charge in [-0.05, 0) is 13.0 Å². The predicted octanol–water partition coefficient (Wildman–Crippen LogP) is 1.26. The summed E-state index contributed by atoms with van der Waals surface area (Å²) in [5.74, 6) is 0.341. The van der Waals surface area contributed by atoms with Crippen LogP contribution in [0.2, 0.25) is 10.0 Å². The molecule has 1 atom stereocenters. The first-order valence-electron chi connectivity index (χ1n) is 5.09. The number of nitrogens with zero attached hydrogens (tertiary/aromatic N) is 1. The topological polar surface area (TPSA) is 80.0 Å². The Bertz CT molecular complexity index is 398. The van der Waals surface area contributed by atoms with Gasteiger partial charge in [-0.25, -0.2) is 4.98 Å². The summed E-state index contributed by atoms with van der Waals surface area (Å²) in [6.45, 7) is 2.58. The average Bonchev–Trinajstić information content (AvgIpc) is 2.26. The fourth-order valence-corrected chi connectivity index (χ4v) is 1.52. The lowest BCUT2D eigenvalue weighted by atomic mass is 10.3. The van der Waals surface area contributed by atoms with Gasteiger partial charge in [0.1, 0.15) is 5.82 Å². The first-order chi connectivity index (χ1) is 8.00. The van der Waals surface area contributed by atoms with Crippen LogP contribution in [-0.4, -0.2) is 30.0 Å². The van der Waals surface area contributed by atoms with E-state index >= 15 is 0 Å². The molecule has 0 fully saturated rings. The zero-order valence-corrected chi connectivity index (χ0v) is 10.8. The van der Waals surface area contributed by atoms with E-state index < -0.39 is 6.04 Å². The monoisotopic (exact) mass is 276 g/mol. The number of hydrogen-bond donors (Lipinski definition) is 3. The number of carbonyl (C=O) groups is 1. The number of aromatic nitrogens is 1. The summed E-state index contributed by atoms with van der Waals surface area (Å²) in [4.78, 5) is 15.2. The van der Waals surface area contributed by atoms with E-state index in [0.29, 0.717) is 29.0 Å². The van der Waals surface area contributed by atoms with E-state index in [1.54, 1.807) is 13.0 Å².